The molecule has 1 aliphatic carbocycles. The Morgan fingerprint density at radius 3 is 2.63 bits per heavy atom. The molecule has 1 fully saturated rings. The van der Waals surface area contributed by atoms with E-state index >= 15 is 0 Å². The Morgan fingerprint density at radius 2 is 2.03 bits per heavy atom. The highest BCUT2D eigenvalue weighted by atomic mass is 32.1. The van der Waals surface area contributed by atoms with Gasteiger partial charge < -0.3 is 19.3 Å². The first-order valence-corrected chi connectivity index (χ1v) is 13.8. The lowest BCUT2D eigenvalue weighted by atomic mass is 9.77. The van der Waals surface area contributed by atoms with Crippen molar-refractivity contribution in [3.05, 3.63) is 64.5 Å². The van der Waals surface area contributed by atoms with E-state index in [1.807, 2.05) is 57.5 Å². The highest BCUT2D eigenvalue weighted by molar-refractivity contribution is 7.13. The van der Waals surface area contributed by atoms with Crippen molar-refractivity contribution in [2.45, 2.75) is 64.0 Å². The molecule has 1 saturated heterocycles. The number of carbonyl (C=O) groups is 2. The van der Waals surface area contributed by atoms with Crippen LogP contribution in [0.25, 0.3) is 10.4 Å². The van der Waals surface area contributed by atoms with E-state index in [-0.39, 0.29) is 30.2 Å². The minimum Gasteiger partial charge on any atom is -0.479 e. The number of allylic oxidation sites excluding steroid dienone is 1. The van der Waals surface area contributed by atoms with Crippen molar-refractivity contribution >= 4 is 23.0 Å². The van der Waals surface area contributed by atoms with Crippen LogP contribution in [-0.2, 0) is 15.0 Å². The van der Waals surface area contributed by atoms with Gasteiger partial charge in [-0.1, -0.05) is 38.1 Å². The Morgan fingerprint density at radius 1 is 1.29 bits per heavy atom. The number of carbonyl (C=O) groups excluding carboxylic acids is 2. The van der Waals surface area contributed by atoms with Gasteiger partial charge in [-0.25, -0.2) is 4.98 Å². The quantitative estimate of drug-likeness (QED) is 0.469. The van der Waals surface area contributed by atoms with Crippen molar-refractivity contribution < 1.29 is 24.0 Å². The Kier molecular flexibility index (Phi) is 7.00. The van der Waals surface area contributed by atoms with E-state index in [0.29, 0.717) is 24.5 Å². The molecule has 1 amide bonds. The van der Waals surface area contributed by atoms with Crippen molar-refractivity contribution in [2.24, 2.45) is 5.92 Å². The number of methoxy groups -OCH3 is 1. The lowest BCUT2D eigenvalue weighted by Gasteiger charge is -2.31. The summed E-state index contributed by atoms with van der Waals surface area (Å²) in [4.78, 5) is 34.4. The summed E-state index contributed by atoms with van der Waals surface area (Å²) in [7, 11) is 1.50. The molecule has 8 nitrogen and oxygen atoms in total. The summed E-state index contributed by atoms with van der Waals surface area (Å²) >= 11 is 1.60. The molecule has 4 atom stereocenters. The molecule has 0 unspecified atom stereocenters. The van der Waals surface area contributed by atoms with Gasteiger partial charge in [0.1, 0.15) is 5.92 Å². The third kappa shape index (κ3) is 4.58. The molecule has 2 aliphatic rings. The Balaban J connectivity index is 1.39. The molecule has 5 rings (SSSR count). The van der Waals surface area contributed by atoms with Gasteiger partial charge in [0.05, 0.1) is 40.8 Å². The zero-order chi connectivity index (χ0) is 27.2. The minimum absolute atomic E-state index is 0.0170. The first kappa shape index (κ1) is 26.3. The van der Waals surface area contributed by atoms with E-state index in [2.05, 4.69) is 10.1 Å². The van der Waals surface area contributed by atoms with Gasteiger partial charge in [0.15, 0.2) is 11.5 Å². The number of likely N-dealkylation sites (tertiary alicyclic amines) is 1. The second kappa shape index (κ2) is 10.1. The fourth-order valence-electron chi connectivity index (χ4n) is 5.74. The Bertz CT molecular complexity index is 1370. The van der Waals surface area contributed by atoms with Gasteiger partial charge in [0.2, 0.25) is 5.91 Å². The number of benzene rings is 1. The van der Waals surface area contributed by atoms with Crippen molar-refractivity contribution in [1.29, 1.82) is 0 Å². The first-order chi connectivity index (χ1) is 18.1. The monoisotopic (exact) mass is 535 g/mol. The molecule has 9 heteroatoms. The van der Waals surface area contributed by atoms with Crippen LogP contribution in [0.4, 0.5) is 0 Å². The van der Waals surface area contributed by atoms with Crippen LogP contribution in [0, 0.1) is 12.8 Å². The van der Waals surface area contributed by atoms with Crippen molar-refractivity contribution in [2.75, 3.05) is 13.7 Å². The number of aryl methyl sites for hydroxylation is 1. The van der Waals surface area contributed by atoms with Crippen LogP contribution in [0.1, 0.15) is 56.5 Å². The number of nitrogens with zero attached hydrogens (tertiary/aromatic N) is 3. The minimum atomic E-state index is -0.728. The van der Waals surface area contributed by atoms with Gasteiger partial charge in [0, 0.05) is 12.6 Å². The Labute approximate surface area is 226 Å². The molecule has 2 aromatic heterocycles. The molecule has 0 spiro atoms. The molecule has 0 radical (unpaired) electrons. The summed E-state index contributed by atoms with van der Waals surface area (Å²) < 4.78 is 10.6. The number of aliphatic hydroxyl groups excluding tert-OH is 1. The average molecular weight is 536 g/mol. The van der Waals surface area contributed by atoms with E-state index in [1.165, 1.54) is 7.11 Å². The summed E-state index contributed by atoms with van der Waals surface area (Å²) in [5.74, 6) is -0.0304. The zero-order valence-corrected chi connectivity index (χ0v) is 23.1. The summed E-state index contributed by atoms with van der Waals surface area (Å²) in [5, 5.41) is 14.5. The summed E-state index contributed by atoms with van der Waals surface area (Å²) in [6.45, 7) is 8.06. The topological polar surface area (TPSA) is 106 Å². The van der Waals surface area contributed by atoms with Crippen molar-refractivity contribution in [3.8, 4) is 16.3 Å². The van der Waals surface area contributed by atoms with E-state index in [4.69, 9.17) is 9.26 Å². The fourth-order valence-corrected chi connectivity index (χ4v) is 6.55. The van der Waals surface area contributed by atoms with E-state index < -0.39 is 17.4 Å². The highest BCUT2D eigenvalue weighted by Gasteiger charge is 2.47. The molecule has 3 heterocycles. The maximum Gasteiger partial charge on any atom is 0.254 e. The predicted molar refractivity (Wildman–Crippen MR) is 144 cm³/mol. The SMILES string of the molecule is COc1cc([C@H](C(=O)N2C[C@H](O)C[C@H]2C2=CC(=O)[C@](C)(c3ccc(-c4scnc4C)cc3)C2)C(C)C)on1. The second-order valence-electron chi connectivity index (χ2n) is 10.8. The molecular formula is C29H33N3O5S. The normalized spacial score (nSPS) is 24.2. The fraction of sp³-hybridized carbons (Fsp3) is 0.448. The van der Waals surface area contributed by atoms with Gasteiger partial charge in [-0.3, -0.25) is 9.59 Å². The van der Waals surface area contributed by atoms with Crippen LogP contribution in [0.3, 0.4) is 0 Å². The average Bonchev–Trinajstić information content (AvgIpc) is 3.67. The highest BCUT2D eigenvalue weighted by Crippen LogP contribution is 2.43. The zero-order valence-electron chi connectivity index (χ0n) is 22.3. The smallest absolute Gasteiger partial charge is 0.254 e. The molecule has 1 N–H and O–H groups in total. The van der Waals surface area contributed by atoms with Gasteiger partial charge in [-0.2, -0.15) is 0 Å². The standard InChI is InChI=1S/C29H33N3O5S/c1-16(2)26(23-12-25(36-5)31-37-23)28(35)32-14-21(33)11-22(32)19-10-24(34)29(4,13-19)20-8-6-18(7-9-20)27-17(3)30-15-38-27/h6-10,12,15-16,21-22,26,33H,11,13-14H2,1-5H3/t21-,22+,26-,29+/m1/s1. The number of thiazole rings is 1. The summed E-state index contributed by atoms with van der Waals surface area (Å²) in [5.41, 5.74) is 4.99. The maximum atomic E-state index is 13.9. The third-order valence-corrected chi connectivity index (χ3v) is 8.87. The number of β-amino-alcohol motifs (C(OH)–C–C–N with tert-alkyl or cyclic N) is 1. The predicted octanol–water partition coefficient (Wildman–Crippen LogP) is 4.67. The van der Waals surface area contributed by atoms with E-state index in [9.17, 15) is 14.7 Å². The number of aromatic nitrogens is 2. The second-order valence-corrected chi connectivity index (χ2v) is 11.7. The van der Waals surface area contributed by atoms with Crippen molar-refractivity contribution in [1.82, 2.24) is 15.0 Å². The van der Waals surface area contributed by atoms with Crippen LogP contribution in [-0.4, -0.2) is 57.6 Å². The van der Waals surface area contributed by atoms with Gasteiger partial charge in [-0.05, 0) is 60.5 Å². The van der Waals surface area contributed by atoms with E-state index in [1.54, 1.807) is 28.4 Å². The molecule has 0 saturated carbocycles. The van der Waals surface area contributed by atoms with Gasteiger partial charge >= 0.3 is 0 Å². The maximum absolute atomic E-state index is 13.9. The largest absolute Gasteiger partial charge is 0.479 e. The Hall–Kier alpha value is -3.30. The van der Waals surface area contributed by atoms with Gasteiger partial charge in [0.25, 0.3) is 5.88 Å². The number of ketones is 1. The van der Waals surface area contributed by atoms with Crippen LogP contribution in [0.15, 0.2) is 52.0 Å². The number of ether oxygens (including phenoxy) is 1. The number of aliphatic hydroxyl groups is 1. The molecule has 1 aliphatic heterocycles. The van der Waals surface area contributed by atoms with Crippen molar-refractivity contribution in [3.63, 3.8) is 0 Å². The molecule has 200 valence electrons. The van der Waals surface area contributed by atoms with Crippen LogP contribution >= 0.6 is 11.3 Å². The lowest BCUT2D eigenvalue weighted by Crippen LogP contribution is -2.41. The number of amides is 1. The molecule has 3 aromatic rings. The first-order valence-electron chi connectivity index (χ1n) is 12.9. The van der Waals surface area contributed by atoms with Crippen LogP contribution in [0.2, 0.25) is 0 Å². The lowest BCUT2D eigenvalue weighted by molar-refractivity contribution is -0.135. The molecular weight excluding hydrogens is 502 g/mol. The van der Waals surface area contributed by atoms with Crippen LogP contribution < -0.4 is 4.74 Å². The van der Waals surface area contributed by atoms with E-state index in [0.717, 1.165) is 27.3 Å². The molecule has 1 aromatic carbocycles. The summed E-state index contributed by atoms with van der Waals surface area (Å²) in [6.07, 6.45) is 1.92. The number of hydrogen-bond donors (Lipinski definition) is 1. The number of hydrogen-bond acceptors (Lipinski definition) is 8. The summed E-state index contributed by atoms with van der Waals surface area (Å²) in [6, 6.07) is 9.40. The molecule has 38 heavy (non-hydrogen) atoms. The van der Waals surface area contributed by atoms with Crippen LogP contribution in [0.5, 0.6) is 5.88 Å². The number of rotatable bonds is 7. The third-order valence-electron chi connectivity index (χ3n) is 7.89. The molecule has 0 bridgehead atoms. The van der Waals surface area contributed by atoms with Gasteiger partial charge in [-0.15, -0.1) is 11.3 Å².